The van der Waals surface area contributed by atoms with Crippen LogP contribution in [0.1, 0.15) is 42.1 Å². The van der Waals surface area contributed by atoms with Gasteiger partial charge in [-0.25, -0.2) is 4.98 Å². The third kappa shape index (κ3) is 3.79. The van der Waals surface area contributed by atoms with E-state index >= 15 is 0 Å². The molecule has 0 aliphatic rings. The Morgan fingerprint density at radius 2 is 1.96 bits per heavy atom. The van der Waals surface area contributed by atoms with Crippen LogP contribution in [0.3, 0.4) is 0 Å². The van der Waals surface area contributed by atoms with Crippen LogP contribution >= 0.6 is 0 Å². The standard InChI is InChI=1S/C19H22N4O2/c1-11(19-12(2)22-23-13(19)3)9-18(24)21-16-7-5-15(6-8-16)17-10-20-14(4)25-17/h5-8,10-11H,9H2,1-4H3,(H,21,24)(H,22,23). The number of H-pyrrole nitrogens is 1. The Labute approximate surface area is 146 Å². The van der Waals surface area contributed by atoms with Crippen LogP contribution < -0.4 is 5.32 Å². The molecule has 6 heteroatoms. The minimum atomic E-state index is -0.0178. The third-order valence-electron chi connectivity index (χ3n) is 4.24. The molecular weight excluding hydrogens is 316 g/mol. The molecule has 0 radical (unpaired) electrons. The van der Waals surface area contributed by atoms with E-state index in [-0.39, 0.29) is 11.8 Å². The summed E-state index contributed by atoms with van der Waals surface area (Å²) >= 11 is 0. The van der Waals surface area contributed by atoms with Crippen molar-refractivity contribution in [2.24, 2.45) is 0 Å². The zero-order chi connectivity index (χ0) is 18.0. The van der Waals surface area contributed by atoms with Crippen molar-refractivity contribution in [3.63, 3.8) is 0 Å². The van der Waals surface area contributed by atoms with Gasteiger partial charge >= 0.3 is 0 Å². The molecule has 1 unspecified atom stereocenters. The van der Waals surface area contributed by atoms with Gasteiger partial charge in [0.15, 0.2) is 11.7 Å². The van der Waals surface area contributed by atoms with Crippen LogP contribution in [-0.2, 0) is 4.79 Å². The summed E-state index contributed by atoms with van der Waals surface area (Å²) < 4.78 is 5.50. The Balaban J connectivity index is 1.63. The van der Waals surface area contributed by atoms with Crippen LogP contribution in [0.5, 0.6) is 0 Å². The predicted molar refractivity (Wildman–Crippen MR) is 96.4 cm³/mol. The second kappa shape index (κ2) is 6.93. The maximum Gasteiger partial charge on any atom is 0.224 e. The summed E-state index contributed by atoms with van der Waals surface area (Å²) in [7, 11) is 0. The van der Waals surface area contributed by atoms with E-state index in [1.165, 1.54) is 0 Å². The van der Waals surface area contributed by atoms with Gasteiger partial charge in [0.05, 0.1) is 11.9 Å². The Bertz CT molecular complexity index is 858. The van der Waals surface area contributed by atoms with Crippen LogP contribution in [0.2, 0.25) is 0 Å². The highest BCUT2D eigenvalue weighted by molar-refractivity contribution is 5.91. The number of carbonyl (C=O) groups is 1. The summed E-state index contributed by atoms with van der Waals surface area (Å²) in [6, 6.07) is 7.54. The third-order valence-corrected chi connectivity index (χ3v) is 4.24. The summed E-state index contributed by atoms with van der Waals surface area (Å²) in [5.41, 5.74) is 4.77. The number of rotatable bonds is 5. The second-order valence-electron chi connectivity index (χ2n) is 6.32. The normalized spacial score (nSPS) is 12.2. The Kier molecular flexibility index (Phi) is 4.70. The van der Waals surface area contributed by atoms with Crippen molar-refractivity contribution in [2.75, 3.05) is 5.32 Å². The molecule has 6 nitrogen and oxygen atoms in total. The topological polar surface area (TPSA) is 83.8 Å². The first-order chi connectivity index (χ1) is 11.9. The van der Waals surface area contributed by atoms with E-state index in [1.807, 2.05) is 52.0 Å². The lowest BCUT2D eigenvalue weighted by Gasteiger charge is -2.12. The van der Waals surface area contributed by atoms with Crippen molar-refractivity contribution in [1.82, 2.24) is 15.2 Å². The second-order valence-corrected chi connectivity index (χ2v) is 6.32. The van der Waals surface area contributed by atoms with Gasteiger partial charge in [0.2, 0.25) is 5.91 Å². The van der Waals surface area contributed by atoms with Crippen molar-refractivity contribution in [3.8, 4) is 11.3 Å². The lowest BCUT2D eigenvalue weighted by atomic mass is 9.95. The minimum Gasteiger partial charge on any atom is -0.441 e. The Morgan fingerprint density at radius 3 is 2.52 bits per heavy atom. The fourth-order valence-electron chi connectivity index (χ4n) is 3.09. The maximum absolute atomic E-state index is 12.3. The highest BCUT2D eigenvalue weighted by Crippen LogP contribution is 2.25. The first-order valence-corrected chi connectivity index (χ1v) is 8.28. The molecule has 2 aromatic heterocycles. The molecule has 3 aromatic rings. The molecule has 1 atom stereocenters. The molecule has 0 aliphatic carbocycles. The highest BCUT2D eigenvalue weighted by atomic mass is 16.4. The molecule has 0 spiro atoms. The van der Waals surface area contributed by atoms with Gasteiger partial charge in [0, 0.05) is 30.3 Å². The molecule has 3 rings (SSSR count). The van der Waals surface area contributed by atoms with Crippen molar-refractivity contribution in [1.29, 1.82) is 0 Å². The number of nitrogens with zero attached hydrogens (tertiary/aromatic N) is 2. The quantitative estimate of drug-likeness (QED) is 0.733. The summed E-state index contributed by atoms with van der Waals surface area (Å²) in [5.74, 6) is 1.44. The lowest BCUT2D eigenvalue weighted by Crippen LogP contribution is -2.15. The largest absolute Gasteiger partial charge is 0.441 e. The van der Waals surface area contributed by atoms with Gasteiger partial charge in [-0.05, 0) is 49.6 Å². The summed E-state index contributed by atoms with van der Waals surface area (Å²) in [5, 5.41) is 10.1. The zero-order valence-corrected chi connectivity index (χ0v) is 14.9. The van der Waals surface area contributed by atoms with Crippen molar-refractivity contribution < 1.29 is 9.21 Å². The Hall–Kier alpha value is -2.89. The number of anilines is 1. The highest BCUT2D eigenvalue weighted by Gasteiger charge is 2.17. The fraction of sp³-hybridized carbons (Fsp3) is 0.316. The number of carbonyl (C=O) groups excluding carboxylic acids is 1. The molecule has 1 aromatic carbocycles. The summed E-state index contributed by atoms with van der Waals surface area (Å²) in [6.07, 6.45) is 2.10. The van der Waals surface area contributed by atoms with E-state index in [9.17, 15) is 4.79 Å². The smallest absolute Gasteiger partial charge is 0.224 e. The van der Waals surface area contributed by atoms with Crippen LogP contribution in [0, 0.1) is 20.8 Å². The number of nitrogens with one attached hydrogen (secondary N) is 2. The molecule has 1 amide bonds. The molecule has 2 N–H and O–H groups in total. The van der Waals surface area contributed by atoms with Crippen LogP contribution in [0.4, 0.5) is 5.69 Å². The first-order valence-electron chi connectivity index (χ1n) is 8.28. The van der Waals surface area contributed by atoms with Gasteiger partial charge in [0.1, 0.15) is 0 Å². The molecule has 0 saturated carbocycles. The van der Waals surface area contributed by atoms with E-state index in [0.717, 1.165) is 34.0 Å². The molecule has 0 fully saturated rings. The van der Waals surface area contributed by atoms with Crippen molar-refractivity contribution in [2.45, 2.75) is 40.0 Å². The Morgan fingerprint density at radius 1 is 1.24 bits per heavy atom. The number of aromatic amines is 1. The van der Waals surface area contributed by atoms with Gasteiger partial charge in [-0.2, -0.15) is 5.10 Å². The molecule has 2 heterocycles. The number of aromatic nitrogens is 3. The SMILES string of the molecule is Cc1ncc(-c2ccc(NC(=O)CC(C)c3c(C)n[nH]c3C)cc2)o1. The molecule has 130 valence electrons. The summed E-state index contributed by atoms with van der Waals surface area (Å²) in [6.45, 7) is 7.79. The van der Waals surface area contributed by atoms with Gasteiger partial charge < -0.3 is 9.73 Å². The van der Waals surface area contributed by atoms with E-state index in [4.69, 9.17) is 4.42 Å². The van der Waals surface area contributed by atoms with E-state index < -0.39 is 0 Å². The maximum atomic E-state index is 12.3. The number of oxazole rings is 1. The van der Waals surface area contributed by atoms with Gasteiger partial charge in [-0.1, -0.05) is 6.92 Å². The zero-order valence-electron chi connectivity index (χ0n) is 14.9. The average molecular weight is 338 g/mol. The van der Waals surface area contributed by atoms with Crippen molar-refractivity contribution in [3.05, 3.63) is 53.3 Å². The average Bonchev–Trinajstić information content (AvgIpc) is 3.13. The van der Waals surface area contributed by atoms with Gasteiger partial charge in [-0.15, -0.1) is 0 Å². The van der Waals surface area contributed by atoms with Gasteiger partial charge in [0.25, 0.3) is 0 Å². The summed E-state index contributed by atoms with van der Waals surface area (Å²) in [4.78, 5) is 16.4. The molecular formula is C19H22N4O2. The molecule has 0 bridgehead atoms. The van der Waals surface area contributed by atoms with Crippen LogP contribution in [0.25, 0.3) is 11.3 Å². The van der Waals surface area contributed by atoms with Crippen molar-refractivity contribution >= 4 is 11.6 Å². The number of amides is 1. The lowest BCUT2D eigenvalue weighted by molar-refractivity contribution is -0.116. The number of aryl methyl sites for hydroxylation is 3. The van der Waals surface area contributed by atoms with Gasteiger partial charge in [-0.3, -0.25) is 9.89 Å². The molecule has 25 heavy (non-hydrogen) atoms. The monoisotopic (exact) mass is 338 g/mol. The van der Waals surface area contributed by atoms with Crippen LogP contribution in [-0.4, -0.2) is 21.1 Å². The van der Waals surface area contributed by atoms with Crippen LogP contribution in [0.15, 0.2) is 34.9 Å². The van der Waals surface area contributed by atoms with E-state index in [2.05, 4.69) is 20.5 Å². The fourth-order valence-corrected chi connectivity index (χ4v) is 3.09. The number of benzene rings is 1. The number of hydrogen-bond donors (Lipinski definition) is 2. The predicted octanol–water partition coefficient (Wildman–Crippen LogP) is 4.12. The van der Waals surface area contributed by atoms with E-state index in [0.29, 0.717) is 12.3 Å². The number of hydrogen-bond acceptors (Lipinski definition) is 4. The molecule has 0 aliphatic heterocycles. The van der Waals surface area contributed by atoms with E-state index in [1.54, 1.807) is 6.20 Å². The first kappa shape index (κ1) is 17.0. The molecule has 0 saturated heterocycles. The minimum absolute atomic E-state index is 0.0178.